The van der Waals surface area contributed by atoms with Gasteiger partial charge < -0.3 is 34.2 Å². The lowest BCUT2D eigenvalue weighted by Crippen LogP contribution is -2.34. The molecule has 2 fully saturated rings. The molecule has 0 bridgehead atoms. The summed E-state index contributed by atoms with van der Waals surface area (Å²) in [5.74, 6) is -0.343. The van der Waals surface area contributed by atoms with E-state index < -0.39 is 17.2 Å². The minimum Gasteiger partial charge on any atom is -0.456 e. The normalized spacial score (nSPS) is 19.6. The van der Waals surface area contributed by atoms with Crippen molar-refractivity contribution in [3.8, 4) is 17.2 Å². The van der Waals surface area contributed by atoms with Gasteiger partial charge in [-0.25, -0.2) is 4.39 Å². The fraction of sp³-hybridized carbons (Fsp3) is 0.389. The summed E-state index contributed by atoms with van der Waals surface area (Å²) in [6, 6.07) is 13.6. The Morgan fingerprint density at radius 2 is 1.67 bits per heavy atom. The van der Waals surface area contributed by atoms with Gasteiger partial charge in [-0.1, -0.05) is 18.2 Å². The van der Waals surface area contributed by atoms with Crippen LogP contribution >= 0.6 is 0 Å². The SMILES string of the molecule is CN1CCCC1CCNC(=O)c1cn2c3c(c(NCCC4CCCN4C)c(F)cc3c1=O)Oc1cc3c(cc1-2)oc1ccccc13. The number of carbonyl (C=O) groups excluding carboxylic acids is 1. The molecule has 2 unspecified atom stereocenters. The van der Waals surface area contributed by atoms with Gasteiger partial charge in [0.15, 0.2) is 17.3 Å². The Hall–Kier alpha value is -4.41. The van der Waals surface area contributed by atoms with Gasteiger partial charge in [0.05, 0.1) is 11.1 Å². The highest BCUT2D eigenvalue weighted by Crippen LogP contribution is 2.47. The first-order valence-electron chi connectivity index (χ1n) is 16.4. The molecule has 3 aliphatic heterocycles. The Labute approximate surface area is 265 Å². The van der Waals surface area contributed by atoms with Crippen molar-refractivity contribution in [1.29, 1.82) is 0 Å². The van der Waals surface area contributed by atoms with Crippen LogP contribution in [0.15, 0.2) is 57.9 Å². The van der Waals surface area contributed by atoms with Gasteiger partial charge in [-0.05, 0) is 83.9 Å². The highest BCUT2D eigenvalue weighted by atomic mass is 19.1. The van der Waals surface area contributed by atoms with E-state index >= 15 is 4.39 Å². The first kappa shape index (κ1) is 29.0. The number of amides is 1. The molecule has 2 atom stereocenters. The van der Waals surface area contributed by atoms with Crippen molar-refractivity contribution in [1.82, 2.24) is 19.7 Å². The highest BCUT2D eigenvalue weighted by molar-refractivity contribution is 6.07. The summed E-state index contributed by atoms with van der Waals surface area (Å²) in [5.41, 5.74) is 2.04. The number of likely N-dealkylation sites (tertiary alicyclic amines) is 2. The Morgan fingerprint density at radius 3 is 2.41 bits per heavy atom. The molecule has 2 saturated heterocycles. The van der Waals surface area contributed by atoms with Crippen molar-refractivity contribution in [3.63, 3.8) is 0 Å². The zero-order valence-electron chi connectivity index (χ0n) is 26.2. The van der Waals surface area contributed by atoms with Crippen LogP contribution in [0.1, 0.15) is 48.9 Å². The van der Waals surface area contributed by atoms with E-state index in [1.165, 1.54) is 6.07 Å². The second-order valence-corrected chi connectivity index (χ2v) is 13.0. The van der Waals surface area contributed by atoms with Gasteiger partial charge >= 0.3 is 0 Å². The maximum Gasteiger partial charge on any atom is 0.256 e. The predicted octanol–water partition coefficient (Wildman–Crippen LogP) is 6.25. The number of hydrogen-bond acceptors (Lipinski definition) is 7. The van der Waals surface area contributed by atoms with E-state index in [2.05, 4.69) is 34.5 Å². The molecule has 3 aliphatic rings. The molecule has 3 aromatic carbocycles. The molecule has 5 aromatic rings. The number of hydrogen-bond donors (Lipinski definition) is 2. The number of ether oxygens (including phenoxy) is 1. The number of aromatic nitrogens is 1. The van der Waals surface area contributed by atoms with Crippen molar-refractivity contribution in [3.05, 3.63) is 70.3 Å². The Kier molecular flexibility index (Phi) is 7.21. The number of nitrogens with one attached hydrogen (secondary N) is 2. The summed E-state index contributed by atoms with van der Waals surface area (Å²) in [6.07, 6.45) is 7.74. The van der Waals surface area contributed by atoms with Crippen LogP contribution in [0.3, 0.4) is 0 Å². The van der Waals surface area contributed by atoms with Gasteiger partial charge in [-0.2, -0.15) is 0 Å². The molecule has 10 heteroatoms. The predicted molar refractivity (Wildman–Crippen MR) is 178 cm³/mol. The number of halogens is 1. The lowest BCUT2D eigenvalue weighted by Gasteiger charge is -2.27. The number of benzene rings is 3. The molecule has 46 heavy (non-hydrogen) atoms. The van der Waals surface area contributed by atoms with Gasteiger partial charge in [0.1, 0.15) is 27.9 Å². The summed E-state index contributed by atoms with van der Waals surface area (Å²) >= 11 is 0. The first-order valence-corrected chi connectivity index (χ1v) is 16.4. The summed E-state index contributed by atoms with van der Waals surface area (Å²) < 4.78 is 30.5. The molecular formula is C36H38FN5O4. The number of nitrogens with zero attached hydrogens (tertiary/aromatic N) is 3. The van der Waals surface area contributed by atoms with Gasteiger partial charge in [0, 0.05) is 48.2 Å². The molecular weight excluding hydrogens is 585 g/mol. The van der Waals surface area contributed by atoms with Crippen molar-refractivity contribution < 1.29 is 18.3 Å². The zero-order chi connectivity index (χ0) is 31.5. The third kappa shape index (κ3) is 4.82. The zero-order valence-corrected chi connectivity index (χ0v) is 26.2. The number of anilines is 1. The summed E-state index contributed by atoms with van der Waals surface area (Å²) in [6.45, 7) is 3.11. The van der Waals surface area contributed by atoms with Gasteiger partial charge in [0.2, 0.25) is 5.43 Å². The lowest BCUT2D eigenvalue weighted by atomic mass is 10.0. The van der Waals surface area contributed by atoms with E-state index in [0.29, 0.717) is 47.7 Å². The number of furan rings is 1. The van der Waals surface area contributed by atoms with Crippen LogP contribution < -0.4 is 20.8 Å². The van der Waals surface area contributed by atoms with Gasteiger partial charge in [-0.3, -0.25) is 9.59 Å². The molecule has 0 saturated carbocycles. The van der Waals surface area contributed by atoms with Crippen LogP contribution in [0.25, 0.3) is 38.5 Å². The maximum absolute atomic E-state index is 16.0. The van der Waals surface area contributed by atoms with E-state index in [1.807, 2.05) is 36.4 Å². The topological polar surface area (TPSA) is 92.0 Å². The van der Waals surface area contributed by atoms with E-state index in [4.69, 9.17) is 9.15 Å². The molecule has 2 aromatic heterocycles. The molecule has 0 radical (unpaired) electrons. The molecule has 9 nitrogen and oxygen atoms in total. The van der Waals surface area contributed by atoms with Crippen LogP contribution in [-0.2, 0) is 0 Å². The van der Waals surface area contributed by atoms with Crippen molar-refractivity contribution in [2.24, 2.45) is 0 Å². The van der Waals surface area contributed by atoms with E-state index in [-0.39, 0.29) is 22.4 Å². The fourth-order valence-electron chi connectivity index (χ4n) is 7.66. The van der Waals surface area contributed by atoms with Crippen LogP contribution in [0, 0.1) is 5.82 Å². The van der Waals surface area contributed by atoms with Gasteiger partial charge in [-0.15, -0.1) is 0 Å². The van der Waals surface area contributed by atoms with Crippen LogP contribution in [0.4, 0.5) is 10.1 Å². The summed E-state index contributed by atoms with van der Waals surface area (Å²) in [5, 5.41) is 8.14. The van der Waals surface area contributed by atoms with Crippen LogP contribution in [0.5, 0.6) is 11.5 Å². The van der Waals surface area contributed by atoms with Crippen molar-refractivity contribution in [2.75, 3.05) is 45.6 Å². The molecule has 0 aliphatic carbocycles. The standard InChI is InChI=1S/C36H38FN5O4/c1-40-15-5-7-21(40)11-13-38-32-27(37)17-25-33-35(32)46-31-18-24-23-9-3-4-10-29(23)45-30(24)19-28(31)42(33)20-26(34(25)43)36(44)39-14-12-22-8-6-16-41(22)2/h3-4,9-10,17-22,38H,5-8,11-16H2,1-2H3,(H,39,44). The average Bonchev–Trinajstić information content (AvgIpc) is 3.76. The second kappa shape index (κ2) is 11.4. The minimum atomic E-state index is -0.592. The Bertz CT molecular complexity index is 2070. The van der Waals surface area contributed by atoms with Crippen LogP contribution in [-0.4, -0.2) is 72.6 Å². The maximum atomic E-state index is 16.0. The summed E-state index contributed by atoms with van der Waals surface area (Å²) in [7, 11) is 4.22. The number of carbonyl (C=O) groups is 1. The Morgan fingerprint density at radius 1 is 0.935 bits per heavy atom. The lowest BCUT2D eigenvalue weighted by molar-refractivity contribution is 0.0949. The fourth-order valence-corrected chi connectivity index (χ4v) is 7.66. The molecule has 5 heterocycles. The molecule has 1 amide bonds. The number of rotatable bonds is 8. The van der Waals surface area contributed by atoms with E-state index in [0.717, 1.165) is 68.0 Å². The quantitative estimate of drug-likeness (QED) is 0.207. The summed E-state index contributed by atoms with van der Waals surface area (Å²) in [4.78, 5) is 32.0. The Balaban J connectivity index is 1.22. The minimum absolute atomic E-state index is 0.0415. The van der Waals surface area contributed by atoms with E-state index in [9.17, 15) is 9.59 Å². The number of para-hydroxylation sites is 1. The van der Waals surface area contributed by atoms with Crippen molar-refractivity contribution in [2.45, 2.75) is 50.6 Å². The monoisotopic (exact) mass is 623 g/mol. The molecule has 8 rings (SSSR count). The average molecular weight is 624 g/mol. The third-order valence-corrected chi connectivity index (χ3v) is 10.3. The van der Waals surface area contributed by atoms with E-state index in [1.54, 1.807) is 10.8 Å². The smallest absolute Gasteiger partial charge is 0.256 e. The second-order valence-electron chi connectivity index (χ2n) is 13.0. The van der Waals surface area contributed by atoms with Gasteiger partial charge in [0.25, 0.3) is 5.91 Å². The largest absolute Gasteiger partial charge is 0.456 e. The van der Waals surface area contributed by atoms with Crippen LogP contribution in [0.2, 0.25) is 0 Å². The molecule has 238 valence electrons. The number of pyridine rings is 1. The third-order valence-electron chi connectivity index (χ3n) is 10.3. The number of fused-ring (bicyclic) bond motifs is 5. The highest BCUT2D eigenvalue weighted by Gasteiger charge is 2.30. The molecule has 2 N–H and O–H groups in total. The van der Waals surface area contributed by atoms with Crippen molar-refractivity contribution >= 4 is 44.4 Å². The first-order chi connectivity index (χ1) is 22.4. The molecule has 0 spiro atoms.